The normalized spacial score (nSPS) is 10.5. The lowest BCUT2D eigenvalue weighted by molar-refractivity contribution is 0.0601. The number of aromatic nitrogens is 3. The number of rotatable bonds is 3. The molecule has 2 aromatic heterocycles. The van der Waals surface area contributed by atoms with Crippen molar-refractivity contribution in [2.24, 2.45) is 0 Å². The van der Waals surface area contributed by atoms with Crippen molar-refractivity contribution >= 4 is 27.7 Å². The van der Waals surface area contributed by atoms with Crippen molar-refractivity contribution < 1.29 is 14.1 Å². The van der Waals surface area contributed by atoms with Crippen LogP contribution in [0.3, 0.4) is 0 Å². The lowest BCUT2D eigenvalue weighted by Gasteiger charge is -2.00. The topological polar surface area (TPSA) is 104 Å². The fourth-order valence-electron chi connectivity index (χ4n) is 1.98. The van der Waals surface area contributed by atoms with Gasteiger partial charge in [-0.15, -0.1) is 0 Å². The number of carbonyl (C=O) groups excluding carboxylic acids is 1. The van der Waals surface area contributed by atoms with Crippen LogP contribution in [-0.2, 0) is 4.74 Å². The van der Waals surface area contributed by atoms with E-state index >= 15 is 0 Å². The highest BCUT2D eigenvalue weighted by molar-refractivity contribution is 9.10. The average Bonchev–Trinajstić information content (AvgIpc) is 3.06. The molecule has 0 atom stereocenters. The van der Waals surface area contributed by atoms with E-state index in [2.05, 4.69) is 35.8 Å². The van der Waals surface area contributed by atoms with Gasteiger partial charge >= 0.3 is 5.97 Å². The third kappa shape index (κ3) is 3.07. The molecule has 116 valence electrons. The van der Waals surface area contributed by atoms with Gasteiger partial charge in [0, 0.05) is 11.6 Å². The van der Waals surface area contributed by atoms with Crippen molar-refractivity contribution in [2.75, 3.05) is 12.8 Å². The Morgan fingerprint density at radius 3 is 2.74 bits per heavy atom. The summed E-state index contributed by atoms with van der Waals surface area (Å²) in [6.45, 7) is 0. The standard InChI is InChI=1S/C15H11BrN4O3/c1-22-15(21)9-4-2-8(3-5-9)10-6-11(23-20-10)13-14(17)18-7-12(16)19-13/h2-7H,1H3,(H2,17,18). The largest absolute Gasteiger partial charge is 0.465 e. The molecule has 8 heteroatoms. The maximum absolute atomic E-state index is 11.4. The van der Waals surface area contributed by atoms with Gasteiger partial charge in [-0.05, 0) is 28.1 Å². The van der Waals surface area contributed by atoms with E-state index in [-0.39, 0.29) is 5.82 Å². The van der Waals surface area contributed by atoms with Crippen molar-refractivity contribution in [1.82, 2.24) is 15.1 Å². The number of ether oxygens (including phenoxy) is 1. The van der Waals surface area contributed by atoms with E-state index in [4.69, 9.17) is 10.3 Å². The van der Waals surface area contributed by atoms with Crippen LogP contribution in [0.5, 0.6) is 0 Å². The summed E-state index contributed by atoms with van der Waals surface area (Å²) < 4.78 is 10.5. The van der Waals surface area contributed by atoms with Crippen LogP contribution in [0.1, 0.15) is 10.4 Å². The average molecular weight is 375 g/mol. The van der Waals surface area contributed by atoms with Crippen LogP contribution < -0.4 is 5.73 Å². The summed E-state index contributed by atoms with van der Waals surface area (Å²) in [6, 6.07) is 8.53. The second-order valence-corrected chi connectivity index (χ2v) is 5.38. The molecule has 0 aliphatic rings. The van der Waals surface area contributed by atoms with E-state index in [9.17, 15) is 4.79 Å². The van der Waals surface area contributed by atoms with Gasteiger partial charge in [0.05, 0.1) is 18.9 Å². The van der Waals surface area contributed by atoms with Gasteiger partial charge in [-0.3, -0.25) is 0 Å². The summed E-state index contributed by atoms with van der Waals surface area (Å²) in [7, 11) is 1.34. The van der Waals surface area contributed by atoms with Gasteiger partial charge in [-0.25, -0.2) is 14.8 Å². The molecule has 3 rings (SSSR count). The van der Waals surface area contributed by atoms with Gasteiger partial charge in [-0.2, -0.15) is 0 Å². The molecular weight excluding hydrogens is 364 g/mol. The predicted octanol–water partition coefficient (Wildman–Crippen LogP) is 2.93. The molecule has 2 heterocycles. The van der Waals surface area contributed by atoms with E-state index in [0.717, 1.165) is 5.56 Å². The molecular formula is C15H11BrN4O3. The molecule has 1 aromatic carbocycles. The van der Waals surface area contributed by atoms with Crippen LogP contribution in [0.25, 0.3) is 22.7 Å². The molecule has 0 saturated heterocycles. The SMILES string of the molecule is COC(=O)c1ccc(-c2cc(-c3nc(Br)cnc3N)on2)cc1. The van der Waals surface area contributed by atoms with Crippen LogP contribution >= 0.6 is 15.9 Å². The number of hydrogen-bond acceptors (Lipinski definition) is 7. The van der Waals surface area contributed by atoms with Crippen molar-refractivity contribution in [3.63, 3.8) is 0 Å². The van der Waals surface area contributed by atoms with Gasteiger partial charge in [0.1, 0.15) is 10.3 Å². The Hall–Kier alpha value is -2.74. The van der Waals surface area contributed by atoms with E-state index < -0.39 is 5.97 Å². The summed E-state index contributed by atoms with van der Waals surface area (Å²) in [5.74, 6) is 0.259. The first-order chi connectivity index (χ1) is 11.1. The number of carbonyl (C=O) groups is 1. The zero-order valence-electron chi connectivity index (χ0n) is 12.0. The molecule has 23 heavy (non-hydrogen) atoms. The lowest BCUT2D eigenvalue weighted by atomic mass is 10.1. The van der Waals surface area contributed by atoms with Crippen molar-refractivity contribution in [3.05, 3.63) is 46.7 Å². The van der Waals surface area contributed by atoms with Crippen LogP contribution in [0.15, 0.2) is 45.7 Å². The van der Waals surface area contributed by atoms with Gasteiger partial charge in [-0.1, -0.05) is 17.3 Å². The molecule has 0 aliphatic carbocycles. The maximum atomic E-state index is 11.4. The highest BCUT2D eigenvalue weighted by Gasteiger charge is 2.14. The summed E-state index contributed by atoms with van der Waals surface area (Å²) in [6.07, 6.45) is 1.50. The van der Waals surface area contributed by atoms with Crippen LogP contribution in [-0.4, -0.2) is 28.2 Å². The number of anilines is 1. The lowest BCUT2D eigenvalue weighted by Crippen LogP contribution is -2.00. The maximum Gasteiger partial charge on any atom is 0.337 e. The van der Waals surface area contributed by atoms with Gasteiger partial charge in [0.25, 0.3) is 0 Å². The summed E-state index contributed by atoms with van der Waals surface area (Å²) >= 11 is 3.24. The van der Waals surface area contributed by atoms with E-state index in [0.29, 0.717) is 27.3 Å². The molecule has 0 amide bonds. The Balaban J connectivity index is 1.93. The van der Waals surface area contributed by atoms with Gasteiger partial charge in [0.2, 0.25) is 0 Å². The molecule has 0 saturated carbocycles. The molecule has 0 bridgehead atoms. The number of nitrogens with two attached hydrogens (primary N) is 1. The Morgan fingerprint density at radius 1 is 1.30 bits per heavy atom. The fourth-order valence-corrected chi connectivity index (χ4v) is 2.26. The molecule has 7 nitrogen and oxygen atoms in total. The number of hydrogen-bond donors (Lipinski definition) is 1. The minimum Gasteiger partial charge on any atom is -0.465 e. The second-order valence-electron chi connectivity index (χ2n) is 4.57. The van der Waals surface area contributed by atoms with E-state index in [1.807, 2.05) is 0 Å². The van der Waals surface area contributed by atoms with E-state index in [1.165, 1.54) is 13.3 Å². The number of esters is 1. The van der Waals surface area contributed by atoms with Crippen LogP contribution in [0, 0.1) is 0 Å². The monoisotopic (exact) mass is 374 g/mol. The molecule has 0 fully saturated rings. The minimum absolute atomic E-state index is 0.247. The summed E-state index contributed by atoms with van der Waals surface area (Å²) in [5, 5.41) is 4.00. The molecule has 0 radical (unpaired) electrons. The number of nitrogens with zero attached hydrogens (tertiary/aromatic N) is 3. The third-order valence-electron chi connectivity index (χ3n) is 3.12. The van der Waals surface area contributed by atoms with Crippen molar-refractivity contribution in [2.45, 2.75) is 0 Å². The van der Waals surface area contributed by atoms with Crippen molar-refractivity contribution in [1.29, 1.82) is 0 Å². The van der Waals surface area contributed by atoms with E-state index in [1.54, 1.807) is 30.3 Å². The van der Waals surface area contributed by atoms with Crippen LogP contribution in [0.4, 0.5) is 5.82 Å². The highest BCUT2D eigenvalue weighted by Crippen LogP contribution is 2.28. The zero-order chi connectivity index (χ0) is 16.4. The Labute approximate surface area is 139 Å². The van der Waals surface area contributed by atoms with Gasteiger partial charge < -0.3 is 15.0 Å². The fraction of sp³-hybridized carbons (Fsp3) is 0.0667. The first-order valence-electron chi connectivity index (χ1n) is 6.52. The van der Waals surface area contributed by atoms with Crippen LogP contribution in [0.2, 0.25) is 0 Å². The predicted molar refractivity (Wildman–Crippen MR) is 86.4 cm³/mol. The zero-order valence-corrected chi connectivity index (χ0v) is 13.6. The quantitative estimate of drug-likeness (QED) is 0.702. The number of methoxy groups -OCH3 is 1. The first-order valence-corrected chi connectivity index (χ1v) is 7.31. The third-order valence-corrected chi connectivity index (χ3v) is 3.50. The number of halogens is 1. The Bertz CT molecular complexity index is 861. The van der Waals surface area contributed by atoms with Gasteiger partial charge in [0.15, 0.2) is 17.3 Å². The smallest absolute Gasteiger partial charge is 0.337 e. The molecule has 0 aliphatic heterocycles. The number of benzene rings is 1. The molecule has 0 unspecified atom stereocenters. The first kappa shape index (κ1) is 15.2. The van der Waals surface area contributed by atoms with Crippen molar-refractivity contribution in [3.8, 4) is 22.7 Å². The minimum atomic E-state index is -0.394. The molecule has 0 spiro atoms. The molecule has 2 N–H and O–H groups in total. The summed E-state index contributed by atoms with van der Waals surface area (Å²) in [4.78, 5) is 19.7. The Morgan fingerprint density at radius 2 is 2.04 bits per heavy atom. The highest BCUT2D eigenvalue weighted by atomic mass is 79.9. The summed E-state index contributed by atoms with van der Waals surface area (Å²) in [5.41, 5.74) is 8.05. The second kappa shape index (κ2) is 6.17. The Kier molecular flexibility index (Phi) is 4.07. The molecule has 3 aromatic rings. The number of nitrogen functional groups attached to an aromatic ring is 1.